The summed E-state index contributed by atoms with van der Waals surface area (Å²) >= 11 is 0. The number of aliphatic hydroxyl groups excluding tert-OH is 2. The van der Waals surface area contributed by atoms with Gasteiger partial charge in [-0.25, -0.2) is 4.79 Å². The number of aliphatic hydroxyl groups is 2. The summed E-state index contributed by atoms with van der Waals surface area (Å²) in [5, 5.41) is 35.1. The minimum atomic E-state index is -0.720. The molecule has 0 unspecified atom stereocenters. The molecule has 8 nitrogen and oxygen atoms in total. The van der Waals surface area contributed by atoms with Gasteiger partial charge < -0.3 is 36.4 Å². The highest BCUT2D eigenvalue weighted by Gasteiger charge is 2.10. The number of urea groups is 1. The Bertz CT molecular complexity index is 1100. The Kier molecular flexibility index (Phi) is 10.6. The summed E-state index contributed by atoms with van der Waals surface area (Å²) in [5.41, 5.74) is 9.23. The third-order valence-electron chi connectivity index (χ3n) is 5.83. The Hall–Kier alpha value is -3.59. The largest absolute Gasteiger partial charge is 0.508 e. The number of hydrogen-bond acceptors (Lipinski definition) is 6. The molecular formula is C28H35N3O5. The normalized spacial score (nSPS) is 11.7. The van der Waals surface area contributed by atoms with Crippen molar-refractivity contribution < 1.29 is 24.9 Å². The lowest BCUT2D eigenvalue weighted by atomic mass is 10.1. The van der Waals surface area contributed by atoms with Crippen molar-refractivity contribution in [3.63, 3.8) is 0 Å². The van der Waals surface area contributed by atoms with Crippen LogP contribution in [0.25, 0.3) is 0 Å². The first kappa shape index (κ1) is 27.0. The molecule has 0 aliphatic rings. The molecule has 3 aromatic rings. The minimum absolute atomic E-state index is 0.0237. The molecule has 8 heteroatoms. The summed E-state index contributed by atoms with van der Waals surface area (Å²) in [6.45, 7) is 1.44. The number of hydrogen-bond donors (Lipinski definition) is 6. The van der Waals surface area contributed by atoms with E-state index in [0.29, 0.717) is 36.5 Å². The number of ether oxygens (including phenoxy) is 1. The van der Waals surface area contributed by atoms with Gasteiger partial charge in [0.15, 0.2) is 0 Å². The van der Waals surface area contributed by atoms with E-state index in [0.717, 1.165) is 37.0 Å². The number of rotatable bonds is 14. The van der Waals surface area contributed by atoms with Gasteiger partial charge in [0.2, 0.25) is 0 Å². The quantitative estimate of drug-likeness (QED) is 0.190. The molecule has 36 heavy (non-hydrogen) atoms. The van der Waals surface area contributed by atoms with Crippen molar-refractivity contribution in [1.82, 2.24) is 5.32 Å². The van der Waals surface area contributed by atoms with Gasteiger partial charge in [0.05, 0.1) is 19.3 Å². The van der Waals surface area contributed by atoms with Crippen LogP contribution in [0.4, 0.5) is 10.5 Å². The molecule has 0 spiro atoms. The Balaban J connectivity index is 1.31. The molecule has 0 radical (unpaired) electrons. The van der Waals surface area contributed by atoms with Crippen LogP contribution < -0.4 is 21.1 Å². The molecule has 1 atom stereocenters. The standard InChI is InChI=1S/C28H35N3O5/c29-28(35)31-24-6-3-5-21(16-24)4-1-2-15-36-25-10-7-20(8-11-25)13-14-30-18-27(34)22-9-12-26(33)23(17-22)19-32/h3,5-12,16-17,27,30,32-34H,1-2,4,13-15,18-19H2,(H3,29,31,35)/t27-/m0/s1. The number of carbonyl (C=O) groups is 1. The first-order valence-corrected chi connectivity index (χ1v) is 12.1. The number of phenols is 1. The second-order valence-electron chi connectivity index (χ2n) is 8.66. The number of benzene rings is 3. The third-order valence-corrected chi connectivity index (χ3v) is 5.83. The number of unbranched alkanes of at least 4 members (excludes halogenated alkanes) is 1. The van der Waals surface area contributed by atoms with Crippen molar-refractivity contribution in [1.29, 1.82) is 0 Å². The summed E-state index contributed by atoms with van der Waals surface area (Å²) in [7, 11) is 0. The van der Waals surface area contributed by atoms with Crippen molar-refractivity contribution in [3.05, 3.63) is 89.0 Å². The van der Waals surface area contributed by atoms with E-state index in [4.69, 9.17) is 10.5 Å². The van der Waals surface area contributed by atoms with Crippen LogP contribution in [0.3, 0.4) is 0 Å². The first-order chi connectivity index (χ1) is 17.4. The average molecular weight is 494 g/mol. The van der Waals surface area contributed by atoms with Gasteiger partial charge in [0.1, 0.15) is 11.5 Å². The summed E-state index contributed by atoms with van der Waals surface area (Å²) in [6, 6.07) is 19.9. The second kappa shape index (κ2) is 14.1. The molecule has 2 amide bonds. The van der Waals surface area contributed by atoms with Gasteiger partial charge in [0, 0.05) is 17.8 Å². The molecule has 7 N–H and O–H groups in total. The van der Waals surface area contributed by atoms with Crippen LogP contribution in [0, 0.1) is 0 Å². The van der Waals surface area contributed by atoms with Gasteiger partial charge in [-0.2, -0.15) is 0 Å². The van der Waals surface area contributed by atoms with Crippen LogP contribution in [-0.2, 0) is 19.4 Å². The minimum Gasteiger partial charge on any atom is -0.508 e. The van der Waals surface area contributed by atoms with Crippen LogP contribution in [0.1, 0.15) is 41.2 Å². The zero-order chi connectivity index (χ0) is 25.8. The van der Waals surface area contributed by atoms with E-state index < -0.39 is 12.1 Å². The zero-order valence-corrected chi connectivity index (χ0v) is 20.3. The molecular weight excluding hydrogens is 458 g/mol. The molecule has 3 aromatic carbocycles. The average Bonchev–Trinajstić information content (AvgIpc) is 2.87. The molecule has 3 rings (SSSR count). The van der Waals surface area contributed by atoms with Gasteiger partial charge in [0.25, 0.3) is 0 Å². The van der Waals surface area contributed by atoms with E-state index in [1.165, 1.54) is 11.6 Å². The van der Waals surface area contributed by atoms with E-state index in [9.17, 15) is 20.1 Å². The molecule has 192 valence electrons. The van der Waals surface area contributed by atoms with E-state index in [-0.39, 0.29) is 12.4 Å². The van der Waals surface area contributed by atoms with E-state index in [1.54, 1.807) is 12.1 Å². The highest BCUT2D eigenvalue weighted by atomic mass is 16.5. The lowest BCUT2D eigenvalue weighted by Crippen LogP contribution is -2.23. The summed E-state index contributed by atoms with van der Waals surface area (Å²) in [4.78, 5) is 11.0. The fourth-order valence-corrected chi connectivity index (χ4v) is 3.85. The van der Waals surface area contributed by atoms with Gasteiger partial charge in [-0.15, -0.1) is 0 Å². The predicted molar refractivity (Wildman–Crippen MR) is 140 cm³/mol. The number of primary amides is 1. The monoisotopic (exact) mass is 493 g/mol. The number of nitrogens with two attached hydrogens (primary N) is 1. The SMILES string of the molecule is NC(=O)Nc1cccc(CCCCOc2ccc(CCNC[C@H](O)c3ccc(O)c(CO)c3)cc2)c1. The maximum Gasteiger partial charge on any atom is 0.316 e. The lowest BCUT2D eigenvalue weighted by Gasteiger charge is -2.14. The van der Waals surface area contributed by atoms with Gasteiger partial charge in [-0.1, -0.05) is 30.3 Å². The number of aryl methyl sites for hydroxylation is 1. The molecule has 0 aliphatic heterocycles. The molecule has 0 bridgehead atoms. The predicted octanol–water partition coefficient (Wildman–Crippen LogP) is 3.64. The Morgan fingerprint density at radius 3 is 2.53 bits per heavy atom. The molecule has 0 saturated heterocycles. The lowest BCUT2D eigenvalue weighted by molar-refractivity contribution is 0.174. The number of carbonyl (C=O) groups excluding carboxylic acids is 1. The fraction of sp³-hybridized carbons (Fsp3) is 0.321. The van der Waals surface area contributed by atoms with Crippen LogP contribution in [0.5, 0.6) is 11.5 Å². The highest BCUT2D eigenvalue weighted by Crippen LogP contribution is 2.22. The number of anilines is 1. The van der Waals surface area contributed by atoms with Crippen LogP contribution in [0.2, 0.25) is 0 Å². The van der Waals surface area contributed by atoms with E-state index in [2.05, 4.69) is 10.6 Å². The topological polar surface area (TPSA) is 137 Å². The second-order valence-corrected chi connectivity index (χ2v) is 8.66. The molecule has 0 aliphatic carbocycles. The van der Waals surface area contributed by atoms with E-state index >= 15 is 0 Å². The van der Waals surface area contributed by atoms with Crippen LogP contribution in [-0.4, -0.2) is 41.0 Å². The summed E-state index contributed by atoms with van der Waals surface area (Å²) in [5.74, 6) is 0.859. The Morgan fingerprint density at radius 2 is 1.78 bits per heavy atom. The highest BCUT2D eigenvalue weighted by molar-refractivity contribution is 5.87. The first-order valence-electron chi connectivity index (χ1n) is 12.1. The molecule has 0 fully saturated rings. The maximum absolute atomic E-state index is 11.0. The zero-order valence-electron chi connectivity index (χ0n) is 20.3. The Labute approximate surface area is 211 Å². The molecule has 0 heterocycles. The Morgan fingerprint density at radius 1 is 0.972 bits per heavy atom. The number of amides is 2. The summed E-state index contributed by atoms with van der Waals surface area (Å²) in [6.07, 6.45) is 2.88. The van der Waals surface area contributed by atoms with Crippen molar-refractivity contribution in [2.75, 3.05) is 25.0 Å². The van der Waals surface area contributed by atoms with Crippen LogP contribution in [0.15, 0.2) is 66.7 Å². The maximum atomic E-state index is 11.0. The molecule has 0 saturated carbocycles. The van der Waals surface area contributed by atoms with Crippen molar-refractivity contribution in [2.24, 2.45) is 5.73 Å². The number of nitrogens with one attached hydrogen (secondary N) is 2. The fourth-order valence-electron chi connectivity index (χ4n) is 3.85. The smallest absolute Gasteiger partial charge is 0.316 e. The summed E-state index contributed by atoms with van der Waals surface area (Å²) < 4.78 is 5.85. The van der Waals surface area contributed by atoms with Crippen LogP contribution >= 0.6 is 0 Å². The number of aromatic hydroxyl groups is 1. The van der Waals surface area contributed by atoms with Gasteiger partial charge >= 0.3 is 6.03 Å². The molecule has 0 aromatic heterocycles. The van der Waals surface area contributed by atoms with Crippen molar-refractivity contribution in [2.45, 2.75) is 38.4 Å². The van der Waals surface area contributed by atoms with Gasteiger partial charge in [-0.3, -0.25) is 0 Å². The third kappa shape index (κ3) is 8.88. The van der Waals surface area contributed by atoms with Crippen molar-refractivity contribution >= 4 is 11.7 Å². The van der Waals surface area contributed by atoms with E-state index in [1.807, 2.05) is 48.5 Å². The van der Waals surface area contributed by atoms with Gasteiger partial charge in [-0.05, 0) is 85.3 Å². The van der Waals surface area contributed by atoms with Crippen molar-refractivity contribution in [3.8, 4) is 11.5 Å².